The zero-order valence-electron chi connectivity index (χ0n) is 8.50. The number of allylic oxidation sites excluding steroid dienone is 2. The van der Waals surface area contributed by atoms with E-state index in [0.717, 1.165) is 12.2 Å². The fraction of sp³-hybridized carbons (Fsp3) is 0.500. The topological polar surface area (TPSA) is 68.0 Å². The monoisotopic (exact) mass is 207 g/mol. The summed E-state index contributed by atoms with van der Waals surface area (Å²) in [6.45, 7) is 0. The third kappa shape index (κ3) is 1.77. The average molecular weight is 207 g/mol. The summed E-state index contributed by atoms with van der Waals surface area (Å²) >= 11 is 0. The van der Waals surface area contributed by atoms with Gasteiger partial charge in [0.2, 0.25) is 0 Å². The lowest BCUT2D eigenvalue weighted by atomic mass is 9.82. The molecule has 0 radical (unpaired) electrons. The van der Waals surface area contributed by atoms with E-state index in [1.807, 2.05) is 19.2 Å². The molecular formula is C10H13N3O2. The van der Waals surface area contributed by atoms with E-state index in [-0.39, 0.29) is 11.8 Å². The molecular weight excluding hydrogens is 194 g/mol. The predicted octanol–water partition coefficient (Wildman–Crippen LogP) is 0.949. The molecule has 0 aromatic carbocycles. The Balaban J connectivity index is 2.30. The van der Waals surface area contributed by atoms with Gasteiger partial charge in [-0.2, -0.15) is 0 Å². The van der Waals surface area contributed by atoms with Crippen LogP contribution in [0.4, 0.5) is 0 Å². The molecule has 2 rings (SSSR count). The van der Waals surface area contributed by atoms with Gasteiger partial charge in [-0.3, -0.25) is 4.79 Å². The van der Waals surface area contributed by atoms with E-state index in [9.17, 15) is 4.79 Å². The van der Waals surface area contributed by atoms with Crippen molar-refractivity contribution < 1.29 is 9.90 Å². The number of hydrogen-bond donors (Lipinski definition) is 1. The van der Waals surface area contributed by atoms with Crippen molar-refractivity contribution >= 4 is 5.97 Å². The molecule has 1 aliphatic carbocycles. The summed E-state index contributed by atoms with van der Waals surface area (Å²) in [5.41, 5.74) is 0. The van der Waals surface area contributed by atoms with Crippen molar-refractivity contribution in [3.8, 4) is 0 Å². The minimum atomic E-state index is -0.757. The summed E-state index contributed by atoms with van der Waals surface area (Å²) in [7, 11) is 1.84. The van der Waals surface area contributed by atoms with Gasteiger partial charge in [0.1, 0.15) is 12.2 Å². The van der Waals surface area contributed by atoms with Gasteiger partial charge in [-0.1, -0.05) is 12.2 Å². The first-order chi connectivity index (χ1) is 7.20. The molecule has 80 valence electrons. The number of hydrogen-bond acceptors (Lipinski definition) is 3. The first-order valence-corrected chi connectivity index (χ1v) is 4.92. The van der Waals surface area contributed by atoms with Crippen molar-refractivity contribution in [2.24, 2.45) is 13.0 Å². The van der Waals surface area contributed by atoms with E-state index in [0.29, 0.717) is 6.42 Å². The van der Waals surface area contributed by atoms with Crippen LogP contribution in [0.3, 0.4) is 0 Å². The lowest BCUT2D eigenvalue weighted by molar-refractivity contribution is -0.142. The highest BCUT2D eigenvalue weighted by Crippen LogP contribution is 2.33. The number of aryl methyl sites for hydroxylation is 1. The molecule has 1 aromatic heterocycles. The van der Waals surface area contributed by atoms with Crippen molar-refractivity contribution in [2.45, 2.75) is 18.8 Å². The Bertz CT molecular complexity index is 397. The average Bonchev–Trinajstić information content (AvgIpc) is 2.64. The zero-order valence-corrected chi connectivity index (χ0v) is 8.50. The van der Waals surface area contributed by atoms with Gasteiger partial charge in [-0.15, -0.1) is 10.2 Å². The molecule has 0 unspecified atom stereocenters. The summed E-state index contributed by atoms with van der Waals surface area (Å²) < 4.78 is 1.79. The summed E-state index contributed by atoms with van der Waals surface area (Å²) in [5, 5.41) is 16.9. The maximum absolute atomic E-state index is 11.1. The fourth-order valence-corrected chi connectivity index (χ4v) is 2.00. The molecule has 2 atom stereocenters. The van der Waals surface area contributed by atoms with Crippen LogP contribution < -0.4 is 0 Å². The summed E-state index contributed by atoms with van der Waals surface area (Å²) in [4.78, 5) is 11.1. The molecule has 1 aromatic rings. The molecule has 15 heavy (non-hydrogen) atoms. The molecule has 0 saturated carbocycles. The SMILES string of the molecule is Cn1cnnc1[C@@H]1CC=CC[C@@H]1C(=O)O. The minimum Gasteiger partial charge on any atom is -0.481 e. The maximum Gasteiger partial charge on any atom is 0.307 e. The van der Waals surface area contributed by atoms with Crippen molar-refractivity contribution in [3.05, 3.63) is 24.3 Å². The molecule has 0 amide bonds. The highest BCUT2D eigenvalue weighted by molar-refractivity contribution is 5.71. The maximum atomic E-state index is 11.1. The lowest BCUT2D eigenvalue weighted by Gasteiger charge is -2.23. The Kier molecular flexibility index (Phi) is 2.53. The van der Waals surface area contributed by atoms with Gasteiger partial charge in [0, 0.05) is 13.0 Å². The van der Waals surface area contributed by atoms with Gasteiger partial charge >= 0.3 is 5.97 Å². The van der Waals surface area contributed by atoms with Crippen LogP contribution in [0.15, 0.2) is 18.5 Å². The number of aliphatic carboxylic acids is 1. The smallest absolute Gasteiger partial charge is 0.307 e. The molecule has 0 saturated heterocycles. The van der Waals surface area contributed by atoms with Gasteiger partial charge in [0.15, 0.2) is 0 Å². The van der Waals surface area contributed by atoms with Crippen LogP contribution in [0, 0.1) is 5.92 Å². The standard InChI is InChI=1S/C10H13N3O2/c1-13-6-11-12-9(13)7-4-2-3-5-8(7)10(14)15/h2-3,6-8H,4-5H2,1H3,(H,14,15)/t7-,8+/m1/s1. The van der Waals surface area contributed by atoms with Gasteiger partial charge in [-0.25, -0.2) is 0 Å². The Hall–Kier alpha value is -1.65. The molecule has 0 bridgehead atoms. The van der Waals surface area contributed by atoms with Gasteiger partial charge in [-0.05, 0) is 12.8 Å². The minimum absolute atomic E-state index is 0.0556. The Morgan fingerprint density at radius 2 is 2.27 bits per heavy atom. The summed E-state index contributed by atoms with van der Waals surface area (Å²) in [5.74, 6) is -0.433. The second-order valence-electron chi connectivity index (χ2n) is 3.79. The van der Waals surface area contributed by atoms with E-state index in [1.165, 1.54) is 0 Å². The zero-order chi connectivity index (χ0) is 10.8. The van der Waals surface area contributed by atoms with Crippen molar-refractivity contribution in [2.75, 3.05) is 0 Å². The number of carbonyl (C=O) groups is 1. The lowest BCUT2D eigenvalue weighted by Crippen LogP contribution is -2.25. The Morgan fingerprint density at radius 3 is 2.87 bits per heavy atom. The highest BCUT2D eigenvalue weighted by atomic mass is 16.4. The van der Waals surface area contributed by atoms with Gasteiger partial charge < -0.3 is 9.67 Å². The fourth-order valence-electron chi connectivity index (χ4n) is 2.00. The van der Waals surface area contributed by atoms with Crippen LogP contribution in [0.25, 0.3) is 0 Å². The van der Waals surface area contributed by atoms with Crippen LogP contribution in [-0.4, -0.2) is 25.8 Å². The highest BCUT2D eigenvalue weighted by Gasteiger charge is 2.32. The molecule has 0 aliphatic heterocycles. The van der Waals surface area contributed by atoms with Crippen LogP contribution in [0.2, 0.25) is 0 Å². The van der Waals surface area contributed by atoms with E-state index < -0.39 is 5.97 Å². The molecule has 0 fully saturated rings. The van der Waals surface area contributed by atoms with Crippen LogP contribution in [0.5, 0.6) is 0 Å². The molecule has 5 nitrogen and oxygen atoms in total. The molecule has 0 spiro atoms. The first-order valence-electron chi connectivity index (χ1n) is 4.92. The van der Waals surface area contributed by atoms with Crippen LogP contribution in [0.1, 0.15) is 24.6 Å². The summed E-state index contributed by atoms with van der Waals surface area (Å²) in [6, 6.07) is 0. The third-order valence-electron chi connectivity index (χ3n) is 2.83. The molecule has 5 heteroatoms. The van der Waals surface area contributed by atoms with E-state index >= 15 is 0 Å². The van der Waals surface area contributed by atoms with Crippen LogP contribution >= 0.6 is 0 Å². The predicted molar refractivity (Wildman–Crippen MR) is 53.2 cm³/mol. The number of rotatable bonds is 2. The van der Waals surface area contributed by atoms with Crippen molar-refractivity contribution in [1.82, 2.24) is 14.8 Å². The summed E-state index contributed by atoms with van der Waals surface area (Å²) in [6.07, 6.45) is 6.84. The van der Waals surface area contributed by atoms with Gasteiger partial charge in [0.25, 0.3) is 0 Å². The second-order valence-corrected chi connectivity index (χ2v) is 3.79. The third-order valence-corrected chi connectivity index (χ3v) is 2.83. The Labute approximate surface area is 87.4 Å². The van der Waals surface area contributed by atoms with Crippen molar-refractivity contribution in [3.63, 3.8) is 0 Å². The number of nitrogens with zero attached hydrogens (tertiary/aromatic N) is 3. The molecule has 1 N–H and O–H groups in total. The largest absolute Gasteiger partial charge is 0.481 e. The molecule has 1 aliphatic rings. The Morgan fingerprint density at radius 1 is 1.53 bits per heavy atom. The number of carboxylic acids is 1. The quantitative estimate of drug-likeness (QED) is 0.733. The van der Waals surface area contributed by atoms with E-state index in [4.69, 9.17) is 5.11 Å². The first kappa shape index (κ1) is 9.89. The molecule has 1 heterocycles. The van der Waals surface area contributed by atoms with E-state index in [1.54, 1.807) is 10.9 Å². The normalized spacial score (nSPS) is 25.4. The van der Waals surface area contributed by atoms with Gasteiger partial charge in [0.05, 0.1) is 5.92 Å². The van der Waals surface area contributed by atoms with Crippen LogP contribution in [-0.2, 0) is 11.8 Å². The van der Waals surface area contributed by atoms with Crippen molar-refractivity contribution in [1.29, 1.82) is 0 Å². The van der Waals surface area contributed by atoms with E-state index in [2.05, 4.69) is 10.2 Å². The second kappa shape index (κ2) is 3.84. The number of aromatic nitrogens is 3. The number of carboxylic acid groups (broad SMARTS) is 1.